The van der Waals surface area contributed by atoms with Gasteiger partial charge in [0.1, 0.15) is 5.52 Å². The summed E-state index contributed by atoms with van der Waals surface area (Å²) in [5, 5.41) is 0. The first-order valence-corrected chi connectivity index (χ1v) is 6.31. The van der Waals surface area contributed by atoms with Crippen LogP contribution in [0.15, 0.2) is 41.1 Å². The van der Waals surface area contributed by atoms with E-state index in [1.54, 1.807) is 12.4 Å². The van der Waals surface area contributed by atoms with Gasteiger partial charge >= 0.3 is 0 Å². The van der Waals surface area contributed by atoms with Crippen LogP contribution >= 0.6 is 15.9 Å². The Kier molecular flexibility index (Phi) is 2.56. The van der Waals surface area contributed by atoms with E-state index in [1.165, 1.54) is 0 Å². The number of halogens is 1. The summed E-state index contributed by atoms with van der Waals surface area (Å²) in [5.41, 5.74) is 9.92. The lowest BCUT2D eigenvalue weighted by molar-refractivity contribution is 1.08. The first-order valence-electron chi connectivity index (χ1n) is 5.52. The highest BCUT2D eigenvalue weighted by Gasteiger charge is 2.12. The lowest BCUT2D eigenvalue weighted by Crippen LogP contribution is -2.02. The summed E-state index contributed by atoms with van der Waals surface area (Å²) in [6, 6.07) is 7.94. The predicted octanol–water partition coefficient (Wildman–Crippen LogP) is 3.07. The van der Waals surface area contributed by atoms with Crippen LogP contribution < -0.4 is 5.73 Å². The minimum atomic E-state index is 0.471. The maximum Gasteiger partial charge on any atom is 0.205 e. The van der Waals surface area contributed by atoms with Crippen LogP contribution in [0.3, 0.4) is 0 Å². The summed E-state index contributed by atoms with van der Waals surface area (Å²) in [6.07, 6.45) is 3.46. The van der Waals surface area contributed by atoms with Crippen molar-refractivity contribution >= 4 is 32.9 Å². The van der Waals surface area contributed by atoms with Crippen molar-refractivity contribution in [2.75, 3.05) is 5.73 Å². The van der Waals surface area contributed by atoms with E-state index in [-0.39, 0.29) is 0 Å². The molecule has 3 aromatic rings. The Labute approximate surface area is 113 Å². The maximum absolute atomic E-state index is 6.01. The lowest BCUT2D eigenvalue weighted by atomic mass is 10.2. The summed E-state index contributed by atoms with van der Waals surface area (Å²) in [6.45, 7) is 2.05. The number of rotatable bonds is 1. The van der Waals surface area contributed by atoms with Gasteiger partial charge in [0.15, 0.2) is 0 Å². The van der Waals surface area contributed by atoms with Crippen LogP contribution in [0, 0.1) is 6.92 Å². The summed E-state index contributed by atoms with van der Waals surface area (Å²) in [5.74, 6) is 0.471. The van der Waals surface area contributed by atoms with Gasteiger partial charge in [-0.3, -0.25) is 9.55 Å². The van der Waals surface area contributed by atoms with E-state index >= 15 is 0 Å². The van der Waals surface area contributed by atoms with E-state index in [4.69, 9.17) is 5.73 Å². The number of nitrogen functional groups attached to an aromatic ring is 1. The molecule has 0 saturated heterocycles. The highest BCUT2D eigenvalue weighted by Crippen LogP contribution is 2.28. The molecular weight excluding hydrogens is 292 g/mol. The topological polar surface area (TPSA) is 56.7 Å². The van der Waals surface area contributed by atoms with Crippen molar-refractivity contribution in [1.29, 1.82) is 0 Å². The van der Waals surface area contributed by atoms with Crippen molar-refractivity contribution in [2.24, 2.45) is 0 Å². The summed E-state index contributed by atoms with van der Waals surface area (Å²) in [4.78, 5) is 8.38. The summed E-state index contributed by atoms with van der Waals surface area (Å²) >= 11 is 3.53. The van der Waals surface area contributed by atoms with Crippen LogP contribution in [0.2, 0.25) is 0 Å². The molecule has 90 valence electrons. The quantitative estimate of drug-likeness (QED) is 0.751. The number of anilines is 1. The zero-order chi connectivity index (χ0) is 12.7. The van der Waals surface area contributed by atoms with E-state index in [0.29, 0.717) is 5.95 Å². The number of pyridine rings is 1. The second kappa shape index (κ2) is 4.10. The third kappa shape index (κ3) is 1.59. The Morgan fingerprint density at radius 2 is 2.11 bits per heavy atom. The lowest BCUT2D eigenvalue weighted by Gasteiger charge is -2.11. The van der Waals surface area contributed by atoms with Crippen LogP contribution in [-0.2, 0) is 0 Å². The van der Waals surface area contributed by atoms with Crippen molar-refractivity contribution in [2.45, 2.75) is 6.92 Å². The Hall–Kier alpha value is -1.88. The molecule has 0 fully saturated rings. The zero-order valence-corrected chi connectivity index (χ0v) is 11.3. The van der Waals surface area contributed by atoms with Crippen LogP contribution in [0.25, 0.3) is 16.7 Å². The highest BCUT2D eigenvalue weighted by atomic mass is 79.9. The second-order valence-corrected chi connectivity index (χ2v) is 4.91. The van der Waals surface area contributed by atoms with Gasteiger partial charge in [0.05, 0.1) is 17.4 Å². The van der Waals surface area contributed by atoms with E-state index in [1.807, 2.05) is 35.8 Å². The molecule has 0 saturated carbocycles. The van der Waals surface area contributed by atoms with Gasteiger partial charge in [-0.05, 0) is 30.7 Å². The van der Waals surface area contributed by atoms with Crippen molar-refractivity contribution in [1.82, 2.24) is 14.5 Å². The van der Waals surface area contributed by atoms with Gasteiger partial charge in [0.2, 0.25) is 5.95 Å². The SMILES string of the molecule is Cc1c(Br)cccc1-n1c(N)nc2cnccc21. The van der Waals surface area contributed by atoms with Crippen LogP contribution in [0.5, 0.6) is 0 Å². The van der Waals surface area contributed by atoms with Gasteiger partial charge < -0.3 is 5.73 Å². The summed E-state index contributed by atoms with van der Waals surface area (Å²) in [7, 11) is 0. The fourth-order valence-electron chi connectivity index (χ4n) is 2.04. The van der Waals surface area contributed by atoms with Crippen LogP contribution in [0.1, 0.15) is 5.56 Å². The number of fused-ring (bicyclic) bond motifs is 1. The van der Waals surface area contributed by atoms with E-state index in [9.17, 15) is 0 Å². The fourth-order valence-corrected chi connectivity index (χ4v) is 2.40. The molecular formula is C13H11BrN4. The molecule has 3 rings (SSSR count). The highest BCUT2D eigenvalue weighted by molar-refractivity contribution is 9.10. The number of nitrogens with two attached hydrogens (primary N) is 1. The fraction of sp³-hybridized carbons (Fsp3) is 0.0769. The van der Waals surface area contributed by atoms with E-state index < -0.39 is 0 Å². The molecule has 0 radical (unpaired) electrons. The monoisotopic (exact) mass is 302 g/mol. The molecule has 2 aromatic heterocycles. The second-order valence-electron chi connectivity index (χ2n) is 4.05. The smallest absolute Gasteiger partial charge is 0.205 e. The van der Waals surface area contributed by atoms with Crippen molar-refractivity contribution < 1.29 is 0 Å². The van der Waals surface area contributed by atoms with Crippen LogP contribution in [-0.4, -0.2) is 14.5 Å². The van der Waals surface area contributed by atoms with Gasteiger partial charge in [-0.15, -0.1) is 0 Å². The molecule has 18 heavy (non-hydrogen) atoms. The van der Waals surface area contributed by atoms with Gasteiger partial charge in [0.25, 0.3) is 0 Å². The average molecular weight is 303 g/mol. The molecule has 0 aliphatic heterocycles. The number of hydrogen-bond donors (Lipinski definition) is 1. The number of aromatic nitrogens is 3. The number of benzene rings is 1. The Morgan fingerprint density at radius 3 is 2.94 bits per heavy atom. The average Bonchev–Trinajstić information content (AvgIpc) is 2.69. The zero-order valence-electron chi connectivity index (χ0n) is 9.76. The van der Waals surface area contributed by atoms with Crippen molar-refractivity contribution in [3.05, 3.63) is 46.7 Å². The molecule has 0 aliphatic rings. The molecule has 2 N–H and O–H groups in total. The van der Waals surface area contributed by atoms with Crippen LogP contribution in [0.4, 0.5) is 5.95 Å². The Balaban J connectivity index is 2.38. The van der Waals surface area contributed by atoms with E-state index in [0.717, 1.165) is 26.8 Å². The molecule has 1 aromatic carbocycles. The van der Waals surface area contributed by atoms with Crippen molar-refractivity contribution in [3.8, 4) is 5.69 Å². The largest absolute Gasteiger partial charge is 0.369 e. The third-order valence-electron chi connectivity index (χ3n) is 2.96. The maximum atomic E-state index is 6.01. The van der Waals surface area contributed by atoms with Gasteiger partial charge in [-0.25, -0.2) is 4.98 Å². The van der Waals surface area contributed by atoms with E-state index in [2.05, 4.69) is 25.9 Å². The first kappa shape index (κ1) is 11.2. The molecule has 0 spiro atoms. The van der Waals surface area contributed by atoms with Gasteiger partial charge in [-0.1, -0.05) is 22.0 Å². The Morgan fingerprint density at radius 1 is 1.28 bits per heavy atom. The van der Waals surface area contributed by atoms with Gasteiger partial charge in [-0.2, -0.15) is 0 Å². The summed E-state index contributed by atoms with van der Waals surface area (Å²) < 4.78 is 2.99. The molecule has 0 bridgehead atoms. The number of imidazole rings is 1. The molecule has 0 unspecified atom stereocenters. The molecule has 2 heterocycles. The van der Waals surface area contributed by atoms with Crippen molar-refractivity contribution in [3.63, 3.8) is 0 Å². The number of hydrogen-bond acceptors (Lipinski definition) is 3. The Bertz CT molecular complexity index is 733. The number of nitrogens with zero attached hydrogens (tertiary/aromatic N) is 3. The normalized spacial score (nSPS) is 11.0. The van der Waals surface area contributed by atoms with Gasteiger partial charge in [0, 0.05) is 10.7 Å². The predicted molar refractivity (Wildman–Crippen MR) is 75.7 cm³/mol. The molecule has 0 aliphatic carbocycles. The molecule has 4 nitrogen and oxygen atoms in total. The standard InChI is InChI=1S/C13H11BrN4/c1-8-9(14)3-2-4-11(8)18-12-5-6-16-7-10(12)17-13(18)15/h2-7H,1H3,(H2,15,17). The third-order valence-corrected chi connectivity index (χ3v) is 3.82. The minimum absolute atomic E-state index is 0.471. The molecule has 5 heteroatoms. The molecule has 0 amide bonds. The first-order chi connectivity index (χ1) is 8.68. The minimum Gasteiger partial charge on any atom is -0.369 e. The molecule has 0 atom stereocenters.